The van der Waals surface area contributed by atoms with Crippen molar-refractivity contribution in [3.63, 3.8) is 0 Å². The average Bonchev–Trinajstić information content (AvgIpc) is 2.73. The molecule has 1 aromatic carbocycles. The summed E-state index contributed by atoms with van der Waals surface area (Å²) in [4.78, 5) is 0. The van der Waals surface area contributed by atoms with Gasteiger partial charge in [-0.3, -0.25) is 0 Å². The maximum atomic E-state index is 3.92. The first-order valence-electron chi connectivity index (χ1n) is 6.39. The smallest absolute Gasteiger partial charge is 0.0491 e. The number of para-hydroxylation sites is 1. The number of aromatic nitrogens is 1. The molecular formula is C18H19N. The predicted molar refractivity (Wildman–Crippen MR) is 84.6 cm³/mol. The normalized spacial score (nSPS) is 10.8. The van der Waals surface area contributed by atoms with Crippen molar-refractivity contribution < 1.29 is 0 Å². The molecule has 0 saturated heterocycles. The number of nitrogens with zero attached hydrogens (tertiary/aromatic N) is 1. The Bertz CT molecular complexity index is 642. The zero-order valence-corrected chi connectivity index (χ0v) is 11.6. The van der Waals surface area contributed by atoms with E-state index in [1.165, 1.54) is 22.5 Å². The lowest BCUT2D eigenvalue weighted by molar-refractivity contribution is 1.02. The Kier molecular flexibility index (Phi) is 3.86. The van der Waals surface area contributed by atoms with Crippen molar-refractivity contribution in [1.29, 1.82) is 0 Å². The first-order chi connectivity index (χ1) is 9.19. The summed E-state index contributed by atoms with van der Waals surface area (Å²) in [5.74, 6) is 0. The summed E-state index contributed by atoms with van der Waals surface area (Å²) < 4.78 is 2.23. The summed E-state index contributed by atoms with van der Waals surface area (Å²) >= 11 is 0. The summed E-state index contributed by atoms with van der Waals surface area (Å²) in [6.45, 7) is 11.9. The minimum absolute atomic E-state index is 1.11. The number of rotatable bonds is 4. The first kappa shape index (κ1) is 13.2. The minimum atomic E-state index is 1.11. The third-order valence-corrected chi connectivity index (χ3v) is 3.22. The molecule has 0 N–H and O–H groups in total. The lowest BCUT2D eigenvalue weighted by atomic mass is 10.2. The molecule has 2 rings (SSSR count). The van der Waals surface area contributed by atoms with E-state index in [9.17, 15) is 0 Å². The van der Waals surface area contributed by atoms with E-state index < -0.39 is 0 Å². The van der Waals surface area contributed by atoms with E-state index in [4.69, 9.17) is 0 Å². The molecule has 0 aliphatic rings. The Hall–Kier alpha value is -2.28. The largest absolute Gasteiger partial charge is 0.310 e. The van der Waals surface area contributed by atoms with Crippen LogP contribution in [0.2, 0.25) is 0 Å². The Morgan fingerprint density at radius 1 is 1.05 bits per heavy atom. The van der Waals surface area contributed by atoms with Crippen molar-refractivity contribution >= 4 is 12.2 Å². The van der Waals surface area contributed by atoms with Crippen LogP contribution >= 0.6 is 0 Å². The van der Waals surface area contributed by atoms with Crippen molar-refractivity contribution in [2.75, 3.05) is 0 Å². The monoisotopic (exact) mass is 249 g/mol. The summed E-state index contributed by atoms with van der Waals surface area (Å²) in [5, 5.41) is 0. The van der Waals surface area contributed by atoms with Gasteiger partial charge in [-0.2, -0.15) is 0 Å². The summed E-state index contributed by atoms with van der Waals surface area (Å²) in [6, 6.07) is 10.5. The molecule has 1 aromatic heterocycles. The van der Waals surface area contributed by atoms with Crippen LogP contribution in [0, 0.1) is 13.8 Å². The SMILES string of the molecule is C=C/C=C\c1c(C)cc(C=C)n1-c1ccccc1C. The van der Waals surface area contributed by atoms with Crippen LogP contribution in [-0.4, -0.2) is 4.57 Å². The molecule has 1 heteroatoms. The Labute approximate surface area is 115 Å². The standard InChI is InChI=1S/C18H19N/c1-5-7-11-18-15(4)13-16(6-2)19(18)17-12-9-8-10-14(17)3/h5-13H,1-2H2,3-4H3/b11-7-. The molecular weight excluding hydrogens is 230 g/mol. The van der Waals surface area contributed by atoms with Crippen LogP contribution in [0.5, 0.6) is 0 Å². The van der Waals surface area contributed by atoms with E-state index in [0.29, 0.717) is 0 Å². The third-order valence-electron chi connectivity index (χ3n) is 3.22. The topological polar surface area (TPSA) is 4.93 Å². The third kappa shape index (κ3) is 2.45. The Balaban J connectivity index is 2.73. The maximum absolute atomic E-state index is 3.92. The molecule has 0 bridgehead atoms. The van der Waals surface area contributed by atoms with Crippen LogP contribution in [0.1, 0.15) is 22.5 Å². The van der Waals surface area contributed by atoms with Crippen LogP contribution in [0.15, 0.2) is 55.6 Å². The first-order valence-corrected chi connectivity index (χ1v) is 6.39. The molecule has 0 aliphatic carbocycles. The summed E-state index contributed by atoms with van der Waals surface area (Å²) in [5.41, 5.74) is 5.94. The van der Waals surface area contributed by atoms with E-state index >= 15 is 0 Å². The highest BCUT2D eigenvalue weighted by atomic mass is 15.0. The van der Waals surface area contributed by atoms with Crippen molar-refractivity contribution in [2.45, 2.75) is 13.8 Å². The molecule has 96 valence electrons. The molecule has 0 aliphatic heterocycles. The summed E-state index contributed by atoms with van der Waals surface area (Å²) in [7, 11) is 0. The van der Waals surface area contributed by atoms with Gasteiger partial charge in [0, 0.05) is 17.1 Å². The number of hydrogen-bond donors (Lipinski definition) is 0. The zero-order chi connectivity index (χ0) is 13.8. The van der Waals surface area contributed by atoms with Crippen LogP contribution in [0.4, 0.5) is 0 Å². The molecule has 0 radical (unpaired) electrons. The van der Waals surface area contributed by atoms with E-state index in [1.807, 2.05) is 12.2 Å². The fraction of sp³-hybridized carbons (Fsp3) is 0.111. The van der Waals surface area contributed by atoms with Gasteiger partial charge >= 0.3 is 0 Å². The Morgan fingerprint density at radius 3 is 2.42 bits per heavy atom. The second kappa shape index (κ2) is 5.57. The summed E-state index contributed by atoms with van der Waals surface area (Å²) in [6.07, 6.45) is 7.73. The number of benzene rings is 1. The lowest BCUT2D eigenvalue weighted by Gasteiger charge is -2.13. The minimum Gasteiger partial charge on any atom is -0.310 e. The molecule has 0 saturated carbocycles. The second-order valence-electron chi connectivity index (χ2n) is 4.56. The van der Waals surface area contributed by atoms with Gasteiger partial charge in [-0.15, -0.1) is 0 Å². The fourth-order valence-corrected chi connectivity index (χ4v) is 2.27. The molecule has 0 fully saturated rings. The van der Waals surface area contributed by atoms with Gasteiger partial charge in [0.05, 0.1) is 0 Å². The molecule has 1 heterocycles. The van der Waals surface area contributed by atoms with Gasteiger partial charge in [0.2, 0.25) is 0 Å². The van der Waals surface area contributed by atoms with Gasteiger partial charge in [-0.25, -0.2) is 0 Å². The molecule has 0 spiro atoms. The van der Waals surface area contributed by atoms with Crippen LogP contribution in [0.3, 0.4) is 0 Å². The van der Waals surface area contributed by atoms with Gasteiger partial charge in [-0.1, -0.05) is 43.5 Å². The van der Waals surface area contributed by atoms with E-state index in [-0.39, 0.29) is 0 Å². The van der Waals surface area contributed by atoms with E-state index in [1.54, 1.807) is 6.08 Å². The van der Waals surface area contributed by atoms with Gasteiger partial charge < -0.3 is 4.57 Å². The Morgan fingerprint density at radius 2 is 1.79 bits per heavy atom. The molecule has 0 atom stereocenters. The second-order valence-corrected chi connectivity index (χ2v) is 4.56. The van der Waals surface area contributed by atoms with Crippen molar-refractivity contribution in [2.24, 2.45) is 0 Å². The van der Waals surface area contributed by atoms with Gasteiger partial charge in [0.15, 0.2) is 0 Å². The van der Waals surface area contributed by atoms with Crippen LogP contribution in [-0.2, 0) is 0 Å². The average molecular weight is 249 g/mol. The maximum Gasteiger partial charge on any atom is 0.0491 e. The van der Waals surface area contributed by atoms with Gasteiger partial charge in [0.1, 0.15) is 0 Å². The zero-order valence-electron chi connectivity index (χ0n) is 11.6. The highest BCUT2D eigenvalue weighted by Gasteiger charge is 2.11. The fourth-order valence-electron chi connectivity index (χ4n) is 2.27. The number of allylic oxidation sites excluding steroid dienone is 2. The molecule has 2 aromatic rings. The number of aryl methyl sites for hydroxylation is 2. The van der Waals surface area contributed by atoms with E-state index in [0.717, 1.165) is 5.69 Å². The lowest BCUT2D eigenvalue weighted by Crippen LogP contribution is -2.01. The van der Waals surface area contributed by atoms with Gasteiger partial charge in [-0.05, 0) is 49.3 Å². The predicted octanol–water partition coefficient (Wildman–Crippen LogP) is 4.94. The molecule has 0 unspecified atom stereocenters. The van der Waals surface area contributed by atoms with Crippen LogP contribution in [0.25, 0.3) is 17.8 Å². The number of hydrogen-bond acceptors (Lipinski definition) is 0. The van der Waals surface area contributed by atoms with E-state index in [2.05, 4.69) is 68.0 Å². The molecule has 0 amide bonds. The van der Waals surface area contributed by atoms with Crippen molar-refractivity contribution in [3.05, 3.63) is 78.2 Å². The molecule has 1 nitrogen and oxygen atoms in total. The highest BCUT2D eigenvalue weighted by Crippen LogP contribution is 2.25. The molecule has 19 heavy (non-hydrogen) atoms. The van der Waals surface area contributed by atoms with Gasteiger partial charge in [0.25, 0.3) is 0 Å². The van der Waals surface area contributed by atoms with Crippen LogP contribution < -0.4 is 0 Å². The quantitative estimate of drug-likeness (QED) is 0.677. The highest BCUT2D eigenvalue weighted by molar-refractivity contribution is 5.63. The van der Waals surface area contributed by atoms with Crippen molar-refractivity contribution in [3.8, 4) is 5.69 Å². The van der Waals surface area contributed by atoms with Crippen molar-refractivity contribution in [1.82, 2.24) is 4.57 Å².